The van der Waals surface area contributed by atoms with E-state index in [-0.39, 0.29) is 5.91 Å². The highest BCUT2D eigenvalue weighted by molar-refractivity contribution is 9.10. The zero-order chi connectivity index (χ0) is 13.7. The highest BCUT2D eigenvalue weighted by Gasteiger charge is 2.06. The molecule has 0 aliphatic heterocycles. The molecule has 0 radical (unpaired) electrons. The third-order valence-electron chi connectivity index (χ3n) is 2.64. The summed E-state index contributed by atoms with van der Waals surface area (Å²) in [7, 11) is 1.62. The lowest BCUT2D eigenvalue weighted by Crippen LogP contribution is -2.24. The molecule has 0 aliphatic rings. The predicted molar refractivity (Wildman–Crippen MR) is 80.6 cm³/mol. The van der Waals surface area contributed by atoms with E-state index in [0.717, 1.165) is 20.7 Å². The molecule has 0 atom stereocenters. The summed E-state index contributed by atoms with van der Waals surface area (Å²) in [5.41, 5.74) is 0.946. The molecule has 0 saturated heterocycles. The third kappa shape index (κ3) is 4.08. The first kappa shape index (κ1) is 14.1. The van der Waals surface area contributed by atoms with Crippen molar-refractivity contribution in [2.75, 3.05) is 7.11 Å². The molecular formula is C14H14BrNO2S. The van der Waals surface area contributed by atoms with Gasteiger partial charge in [0.1, 0.15) is 5.75 Å². The van der Waals surface area contributed by atoms with Crippen LogP contribution < -0.4 is 10.1 Å². The first-order valence-electron chi connectivity index (χ1n) is 5.80. The van der Waals surface area contributed by atoms with Gasteiger partial charge in [-0.1, -0.05) is 12.1 Å². The number of halogens is 1. The number of carbonyl (C=O) groups excluding carboxylic acids is 1. The Hall–Kier alpha value is -1.33. The SMILES string of the molecule is COc1cccc(CC(=O)NCc2sccc2Br)c1. The fraction of sp³-hybridized carbons (Fsp3) is 0.214. The van der Waals surface area contributed by atoms with Crippen LogP contribution in [0, 0.1) is 0 Å². The van der Waals surface area contributed by atoms with E-state index in [9.17, 15) is 4.79 Å². The lowest BCUT2D eigenvalue weighted by molar-refractivity contribution is -0.120. The monoisotopic (exact) mass is 339 g/mol. The van der Waals surface area contributed by atoms with Crippen LogP contribution in [-0.4, -0.2) is 13.0 Å². The minimum absolute atomic E-state index is 0.00792. The molecule has 0 unspecified atom stereocenters. The molecule has 19 heavy (non-hydrogen) atoms. The lowest BCUT2D eigenvalue weighted by Gasteiger charge is -2.06. The Morgan fingerprint density at radius 1 is 1.42 bits per heavy atom. The van der Waals surface area contributed by atoms with Crippen molar-refractivity contribution >= 4 is 33.2 Å². The molecule has 1 amide bonds. The summed E-state index contributed by atoms with van der Waals surface area (Å²) in [6, 6.07) is 9.53. The van der Waals surface area contributed by atoms with E-state index in [1.807, 2.05) is 35.7 Å². The molecule has 1 N–H and O–H groups in total. The standard InChI is InChI=1S/C14H14BrNO2S/c1-18-11-4-2-3-10(7-11)8-14(17)16-9-13-12(15)5-6-19-13/h2-7H,8-9H2,1H3,(H,16,17). The number of hydrogen-bond donors (Lipinski definition) is 1. The van der Waals surface area contributed by atoms with Crippen LogP contribution in [0.25, 0.3) is 0 Å². The molecular weight excluding hydrogens is 326 g/mol. The Kier molecular flexibility index (Phi) is 4.99. The van der Waals surface area contributed by atoms with Crippen molar-refractivity contribution in [1.82, 2.24) is 5.32 Å². The molecule has 0 bridgehead atoms. The summed E-state index contributed by atoms with van der Waals surface area (Å²) >= 11 is 5.07. The fourth-order valence-corrected chi connectivity index (χ4v) is 3.09. The van der Waals surface area contributed by atoms with Crippen molar-refractivity contribution in [3.8, 4) is 5.75 Å². The number of ether oxygens (including phenoxy) is 1. The van der Waals surface area contributed by atoms with E-state index >= 15 is 0 Å². The van der Waals surface area contributed by atoms with Gasteiger partial charge in [0.15, 0.2) is 0 Å². The molecule has 1 heterocycles. The lowest BCUT2D eigenvalue weighted by atomic mass is 10.1. The van der Waals surface area contributed by atoms with Crippen LogP contribution in [0.2, 0.25) is 0 Å². The van der Waals surface area contributed by atoms with Gasteiger partial charge >= 0.3 is 0 Å². The van der Waals surface area contributed by atoms with Crippen LogP contribution in [0.3, 0.4) is 0 Å². The van der Waals surface area contributed by atoms with E-state index in [1.54, 1.807) is 18.4 Å². The second-order valence-corrected chi connectivity index (χ2v) is 5.85. The van der Waals surface area contributed by atoms with Crippen molar-refractivity contribution in [1.29, 1.82) is 0 Å². The van der Waals surface area contributed by atoms with E-state index in [0.29, 0.717) is 13.0 Å². The summed E-state index contributed by atoms with van der Waals surface area (Å²) in [6.45, 7) is 0.557. The van der Waals surface area contributed by atoms with Gasteiger partial charge in [0.2, 0.25) is 5.91 Å². The van der Waals surface area contributed by atoms with Crippen LogP contribution in [-0.2, 0) is 17.8 Å². The molecule has 0 saturated carbocycles. The Balaban J connectivity index is 1.89. The van der Waals surface area contributed by atoms with Gasteiger partial charge in [-0.3, -0.25) is 4.79 Å². The number of amides is 1. The molecule has 0 aliphatic carbocycles. The molecule has 0 fully saturated rings. The highest BCUT2D eigenvalue weighted by atomic mass is 79.9. The zero-order valence-corrected chi connectivity index (χ0v) is 12.9. The van der Waals surface area contributed by atoms with Crippen molar-refractivity contribution in [2.24, 2.45) is 0 Å². The second-order valence-electron chi connectivity index (χ2n) is 4.00. The number of benzene rings is 1. The van der Waals surface area contributed by atoms with Crippen LogP contribution in [0.5, 0.6) is 5.75 Å². The second kappa shape index (κ2) is 6.73. The van der Waals surface area contributed by atoms with Gasteiger partial charge in [-0.2, -0.15) is 0 Å². The van der Waals surface area contributed by atoms with Gasteiger partial charge in [0, 0.05) is 9.35 Å². The maximum atomic E-state index is 11.9. The maximum Gasteiger partial charge on any atom is 0.224 e. The maximum absolute atomic E-state index is 11.9. The first-order valence-corrected chi connectivity index (χ1v) is 7.48. The summed E-state index contributed by atoms with van der Waals surface area (Å²) in [5, 5.41) is 4.91. The van der Waals surface area contributed by atoms with Gasteiger partial charge < -0.3 is 10.1 Å². The predicted octanol–water partition coefficient (Wildman–Crippen LogP) is 3.38. The number of rotatable bonds is 5. The van der Waals surface area contributed by atoms with Crippen molar-refractivity contribution in [2.45, 2.75) is 13.0 Å². The molecule has 2 aromatic rings. The summed E-state index contributed by atoms with van der Waals surface area (Å²) < 4.78 is 6.18. The topological polar surface area (TPSA) is 38.3 Å². The Morgan fingerprint density at radius 3 is 2.95 bits per heavy atom. The van der Waals surface area contributed by atoms with Crippen LogP contribution in [0.1, 0.15) is 10.4 Å². The molecule has 2 rings (SSSR count). The normalized spacial score (nSPS) is 10.2. The number of nitrogens with one attached hydrogen (secondary N) is 1. The van der Waals surface area contributed by atoms with E-state index < -0.39 is 0 Å². The summed E-state index contributed by atoms with van der Waals surface area (Å²) in [5.74, 6) is 0.778. The smallest absolute Gasteiger partial charge is 0.224 e. The molecule has 3 nitrogen and oxygen atoms in total. The van der Waals surface area contributed by atoms with Crippen LogP contribution in [0.15, 0.2) is 40.2 Å². The highest BCUT2D eigenvalue weighted by Crippen LogP contribution is 2.22. The Bertz CT molecular complexity index is 568. The number of thiophene rings is 1. The first-order chi connectivity index (χ1) is 9.19. The molecule has 0 spiro atoms. The third-order valence-corrected chi connectivity index (χ3v) is 4.56. The van der Waals surface area contributed by atoms with Crippen LogP contribution in [0.4, 0.5) is 0 Å². The summed E-state index contributed by atoms with van der Waals surface area (Å²) in [6.07, 6.45) is 0.361. The van der Waals surface area contributed by atoms with Gasteiger partial charge in [-0.25, -0.2) is 0 Å². The van der Waals surface area contributed by atoms with E-state index in [2.05, 4.69) is 21.2 Å². The number of methoxy groups -OCH3 is 1. The van der Waals surface area contributed by atoms with Crippen LogP contribution >= 0.6 is 27.3 Å². The zero-order valence-electron chi connectivity index (χ0n) is 10.5. The van der Waals surface area contributed by atoms with Gasteiger partial charge in [-0.05, 0) is 45.1 Å². The Morgan fingerprint density at radius 2 is 2.26 bits per heavy atom. The Labute approximate surface area is 124 Å². The minimum Gasteiger partial charge on any atom is -0.497 e. The fourth-order valence-electron chi connectivity index (χ4n) is 1.66. The van der Waals surface area contributed by atoms with Crippen molar-refractivity contribution in [3.05, 3.63) is 50.6 Å². The summed E-state index contributed by atoms with van der Waals surface area (Å²) in [4.78, 5) is 13.0. The molecule has 5 heteroatoms. The average molecular weight is 340 g/mol. The molecule has 1 aromatic carbocycles. The van der Waals surface area contributed by atoms with Gasteiger partial charge in [0.05, 0.1) is 20.1 Å². The van der Waals surface area contributed by atoms with Gasteiger partial charge in [-0.15, -0.1) is 11.3 Å². The van der Waals surface area contributed by atoms with Crippen molar-refractivity contribution in [3.63, 3.8) is 0 Å². The molecule has 100 valence electrons. The average Bonchev–Trinajstić information content (AvgIpc) is 2.82. The van der Waals surface area contributed by atoms with E-state index in [4.69, 9.17) is 4.74 Å². The quantitative estimate of drug-likeness (QED) is 0.906. The number of hydrogen-bond acceptors (Lipinski definition) is 3. The van der Waals surface area contributed by atoms with E-state index in [1.165, 1.54) is 0 Å². The molecule has 1 aromatic heterocycles. The number of carbonyl (C=O) groups is 1. The largest absolute Gasteiger partial charge is 0.497 e. The van der Waals surface area contributed by atoms with Gasteiger partial charge in [0.25, 0.3) is 0 Å². The minimum atomic E-state index is 0.00792. The van der Waals surface area contributed by atoms with Crippen molar-refractivity contribution < 1.29 is 9.53 Å².